The molecular weight excluding hydrogens is 350 g/mol. The zero-order valence-electron chi connectivity index (χ0n) is 15.5. The van der Waals surface area contributed by atoms with Crippen LogP contribution in [0.2, 0.25) is 0 Å². The summed E-state index contributed by atoms with van der Waals surface area (Å²) < 4.78 is 27.2. The van der Waals surface area contributed by atoms with Gasteiger partial charge in [0.05, 0.1) is 12.5 Å². The molecule has 0 fully saturated rings. The Morgan fingerprint density at radius 2 is 2.22 bits per heavy atom. The first-order valence-electron chi connectivity index (χ1n) is 9.32. The van der Waals surface area contributed by atoms with Crippen LogP contribution in [0.4, 0.5) is 8.78 Å². The molecule has 0 spiro atoms. The Kier molecular flexibility index (Phi) is 4.43. The molecule has 6 heteroatoms. The fourth-order valence-electron chi connectivity index (χ4n) is 4.45. The molecule has 0 saturated heterocycles. The maximum Gasteiger partial charge on any atom is 0.250 e. The number of H-pyrrole nitrogens is 1. The lowest BCUT2D eigenvalue weighted by Gasteiger charge is -2.39. The molecule has 4 nitrogen and oxygen atoms in total. The van der Waals surface area contributed by atoms with E-state index in [0.717, 1.165) is 30.0 Å². The average Bonchev–Trinajstić information content (AvgIpc) is 3.03. The highest BCUT2D eigenvalue weighted by atomic mass is 19.3. The van der Waals surface area contributed by atoms with E-state index in [1.807, 2.05) is 31.5 Å². The monoisotopic (exact) mass is 374 g/mol. The Morgan fingerprint density at radius 1 is 1.44 bits per heavy atom. The summed E-state index contributed by atoms with van der Waals surface area (Å²) in [5.41, 5.74) is 4.56. The number of benzene rings is 1. The molecular formula is C21H24F2N2O2. The zero-order chi connectivity index (χ0) is 19.3. The molecule has 27 heavy (non-hydrogen) atoms. The van der Waals surface area contributed by atoms with Gasteiger partial charge < -0.3 is 10.1 Å². The number of nitrogens with one attached hydrogen (secondary N) is 1. The van der Waals surface area contributed by atoms with Gasteiger partial charge in [0, 0.05) is 42.0 Å². The second-order valence-electron chi connectivity index (χ2n) is 7.94. The molecule has 0 bridgehead atoms. The Labute approximate surface area is 156 Å². The van der Waals surface area contributed by atoms with E-state index in [1.54, 1.807) is 0 Å². The number of ketones is 1. The number of hydrogen-bond donors (Lipinski definition) is 2. The SMILES string of the molecule is CN1CC(C(=O)CC(CO)C(C)(F)F)C=C2c3cccc4[nH]cc(c34)CC21. The van der Waals surface area contributed by atoms with Crippen molar-refractivity contribution in [3.63, 3.8) is 0 Å². The molecule has 1 aromatic heterocycles. The molecule has 0 radical (unpaired) electrons. The lowest BCUT2D eigenvalue weighted by atomic mass is 9.78. The molecule has 2 aromatic rings. The third kappa shape index (κ3) is 3.11. The molecule has 2 heterocycles. The number of aliphatic hydroxyl groups excluding tert-OH is 1. The molecule has 1 aromatic carbocycles. The van der Waals surface area contributed by atoms with E-state index in [1.165, 1.54) is 10.9 Å². The topological polar surface area (TPSA) is 56.3 Å². The highest BCUT2D eigenvalue weighted by molar-refractivity contribution is 5.99. The first-order chi connectivity index (χ1) is 12.8. The minimum absolute atomic E-state index is 0.184. The van der Waals surface area contributed by atoms with Crippen LogP contribution < -0.4 is 0 Å². The van der Waals surface area contributed by atoms with E-state index in [2.05, 4.69) is 16.0 Å². The highest BCUT2D eigenvalue weighted by Gasteiger charge is 2.39. The molecule has 2 aliphatic rings. The highest BCUT2D eigenvalue weighted by Crippen LogP contribution is 2.41. The molecule has 3 atom stereocenters. The molecule has 2 N–H and O–H groups in total. The van der Waals surface area contributed by atoms with Crippen molar-refractivity contribution in [2.45, 2.75) is 31.7 Å². The Balaban J connectivity index is 1.68. The summed E-state index contributed by atoms with van der Waals surface area (Å²) in [6.07, 6.45) is 4.57. The number of fused-ring (bicyclic) bond motifs is 2. The number of halogens is 2. The van der Waals surface area contributed by atoms with Crippen molar-refractivity contribution >= 4 is 22.3 Å². The summed E-state index contributed by atoms with van der Waals surface area (Å²) in [6, 6.07) is 6.28. The van der Waals surface area contributed by atoms with E-state index in [9.17, 15) is 18.7 Å². The van der Waals surface area contributed by atoms with E-state index in [0.29, 0.717) is 6.54 Å². The number of carbonyl (C=O) groups excluding carboxylic acids is 1. The van der Waals surface area contributed by atoms with Crippen LogP contribution in [0, 0.1) is 11.8 Å². The van der Waals surface area contributed by atoms with Crippen molar-refractivity contribution in [1.82, 2.24) is 9.88 Å². The number of Topliss-reactive ketones (excluding diaryl/α,β-unsaturated/α-hetero) is 1. The Bertz CT molecular complexity index is 913. The minimum atomic E-state index is -3.07. The minimum Gasteiger partial charge on any atom is -0.396 e. The van der Waals surface area contributed by atoms with Gasteiger partial charge in [0.15, 0.2) is 0 Å². The third-order valence-corrected chi connectivity index (χ3v) is 6.07. The Morgan fingerprint density at radius 3 is 2.93 bits per heavy atom. The van der Waals surface area contributed by atoms with Crippen LogP contribution >= 0.6 is 0 Å². The number of rotatable bonds is 5. The summed E-state index contributed by atoms with van der Waals surface area (Å²) in [7, 11) is 1.98. The van der Waals surface area contributed by atoms with Gasteiger partial charge in [0.1, 0.15) is 5.78 Å². The standard InChI is InChI=1S/C21H24F2N2O2/c1-21(22,23)14(11-26)8-19(27)13-6-16-15-4-3-5-17-20(15)12(9-24-17)7-18(16)25(2)10-13/h3-6,9,13-14,18,24,26H,7-8,10-11H2,1-2H3. The summed E-state index contributed by atoms with van der Waals surface area (Å²) in [5.74, 6) is -5.08. The van der Waals surface area contributed by atoms with Gasteiger partial charge in [0.2, 0.25) is 0 Å². The maximum atomic E-state index is 13.6. The molecule has 1 aliphatic heterocycles. The van der Waals surface area contributed by atoms with E-state index < -0.39 is 24.4 Å². The van der Waals surface area contributed by atoms with Gasteiger partial charge in [-0.3, -0.25) is 9.69 Å². The van der Waals surface area contributed by atoms with Gasteiger partial charge in [-0.2, -0.15) is 0 Å². The summed E-state index contributed by atoms with van der Waals surface area (Å²) in [5, 5.41) is 10.5. The van der Waals surface area contributed by atoms with Crippen molar-refractivity contribution in [3.05, 3.63) is 41.6 Å². The number of hydrogen-bond acceptors (Lipinski definition) is 3. The van der Waals surface area contributed by atoms with Gasteiger partial charge in [-0.25, -0.2) is 8.78 Å². The number of carbonyl (C=O) groups is 1. The number of likely N-dealkylation sites (N-methyl/N-ethyl adjacent to an activating group) is 1. The summed E-state index contributed by atoms with van der Waals surface area (Å²) in [4.78, 5) is 18.2. The number of alkyl halides is 2. The smallest absolute Gasteiger partial charge is 0.250 e. The summed E-state index contributed by atoms with van der Waals surface area (Å²) in [6.45, 7) is 0.580. The third-order valence-electron chi connectivity index (χ3n) is 6.07. The lowest BCUT2D eigenvalue weighted by molar-refractivity contribution is -0.129. The maximum absolute atomic E-state index is 13.6. The predicted molar refractivity (Wildman–Crippen MR) is 101 cm³/mol. The van der Waals surface area contributed by atoms with Crippen LogP contribution in [-0.4, -0.2) is 52.9 Å². The van der Waals surface area contributed by atoms with Gasteiger partial charge >= 0.3 is 0 Å². The fraction of sp³-hybridized carbons (Fsp3) is 0.476. The van der Waals surface area contributed by atoms with Gasteiger partial charge in [0.25, 0.3) is 5.92 Å². The average molecular weight is 374 g/mol. The molecule has 0 amide bonds. The number of aromatic amines is 1. The van der Waals surface area contributed by atoms with Crippen molar-refractivity contribution in [1.29, 1.82) is 0 Å². The normalized spacial score (nSPS) is 23.8. The van der Waals surface area contributed by atoms with Crippen LogP contribution in [0.15, 0.2) is 30.5 Å². The molecule has 1 aliphatic carbocycles. The second-order valence-corrected chi connectivity index (χ2v) is 7.94. The molecule has 144 valence electrons. The van der Waals surface area contributed by atoms with Crippen LogP contribution in [0.3, 0.4) is 0 Å². The first-order valence-corrected chi connectivity index (χ1v) is 9.32. The van der Waals surface area contributed by atoms with Crippen molar-refractivity contribution in [3.8, 4) is 0 Å². The largest absolute Gasteiger partial charge is 0.396 e. The fourth-order valence-corrected chi connectivity index (χ4v) is 4.45. The molecule has 4 rings (SSSR count). The van der Waals surface area contributed by atoms with Crippen LogP contribution in [0.1, 0.15) is 24.5 Å². The van der Waals surface area contributed by atoms with Gasteiger partial charge in [-0.1, -0.05) is 18.2 Å². The van der Waals surface area contributed by atoms with Gasteiger partial charge in [-0.05, 0) is 43.2 Å². The lowest BCUT2D eigenvalue weighted by Crippen LogP contribution is -2.45. The number of aromatic nitrogens is 1. The quantitative estimate of drug-likeness (QED) is 0.845. The summed E-state index contributed by atoms with van der Waals surface area (Å²) >= 11 is 0. The van der Waals surface area contributed by atoms with Crippen molar-refractivity contribution < 1.29 is 18.7 Å². The zero-order valence-corrected chi connectivity index (χ0v) is 15.5. The number of aliphatic hydroxyl groups is 1. The van der Waals surface area contributed by atoms with Crippen LogP contribution in [0.5, 0.6) is 0 Å². The van der Waals surface area contributed by atoms with Gasteiger partial charge in [-0.15, -0.1) is 0 Å². The number of nitrogens with zero attached hydrogens (tertiary/aromatic N) is 1. The van der Waals surface area contributed by atoms with E-state index in [4.69, 9.17) is 0 Å². The first kappa shape index (κ1) is 18.3. The van der Waals surface area contributed by atoms with Crippen LogP contribution in [0.25, 0.3) is 16.5 Å². The molecule has 3 unspecified atom stereocenters. The van der Waals surface area contributed by atoms with E-state index >= 15 is 0 Å². The van der Waals surface area contributed by atoms with E-state index in [-0.39, 0.29) is 18.2 Å². The predicted octanol–water partition coefficient (Wildman–Crippen LogP) is 3.26. The molecule has 0 saturated carbocycles. The van der Waals surface area contributed by atoms with Crippen molar-refractivity contribution in [2.75, 3.05) is 20.2 Å². The second kappa shape index (κ2) is 6.53. The van der Waals surface area contributed by atoms with Crippen molar-refractivity contribution in [2.24, 2.45) is 11.8 Å². The van der Waals surface area contributed by atoms with Crippen LogP contribution in [-0.2, 0) is 11.2 Å². The Hall–Kier alpha value is -2.05.